The maximum Gasteiger partial charge on any atom is 0.222 e. The molecule has 0 atom stereocenters. The number of carbonyl (C=O) groups excluding carboxylic acids is 1. The molecule has 3 nitrogen and oxygen atoms in total. The first-order chi connectivity index (χ1) is 7.69. The zero-order valence-electron chi connectivity index (χ0n) is 10.5. The van der Waals surface area contributed by atoms with Crippen molar-refractivity contribution in [2.75, 3.05) is 18.8 Å². The van der Waals surface area contributed by atoms with Gasteiger partial charge in [-0.3, -0.25) is 4.79 Å². The molecule has 1 rings (SSSR count). The van der Waals surface area contributed by atoms with E-state index in [0.717, 1.165) is 30.8 Å². The molecule has 0 aromatic heterocycles. The van der Waals surface area contributed by atoms with E-state index in [1.807, 2.05) is 43.0 Å². The first-order valence-electron chi connectivity index (χ1n) is 5.80. The van der Waals surface area contributed by atoms with Gasteiger partial charge in [-0.25, -0.2) is 0 Å². The fourth-order valence-electron chi connectivity index (χ4n) is 1.74. The van der Waals surface area contributed by atoms with E-state index < -0.39 is 0 Å². The number of carbonyl (C=O) groups is 1. The number of halogens is 1. The summed E-state index contributed by atoms with van der Waals surface area (Å²) in [6.45, 7) is 5.55. The zero-order valence-corrected chi connectivity index (χ0v) is 11.3. The van der Waals surface area contributed by atoms with Crippen LogP contribution in [-0.2, 0) is 11.2 Å². The van der Waals surface area contributed by atoms with Crippen molar-refractivity contribution in [2.45, 2.75) is 26.7 Å². The second kappa shape index (κ2) is 7.96. The molecule has 1 aromatic carbocycles. The summed E-state index contributed by atoms with van der Waals surface area (Å²) in [7, 11) is 0. The lowest BCUT2D eigenvalue weighted by Crippen LogP contribution is -2.30. The first-order valence-corrected chi connectivity index (χ1v) is 5.80. The van der Waals surface area contributed by atoms with Crippen molar-refractivity contribution in [3.8, 4) is 0 Å². The van der Waals surface area contributed by atoms with Crippen molar-refractivity contribution in [3.05, 3.63) is 29.8 Å². The number of amides is 1. The first kappa shape index (κ1) is 15.8. The molecule has 0 aliphatic rings. The van der Waals surface area contributed by atoms with Gasteiger partial charge in [-0.05, 0) is 31.9 Å². The lowest BCUT2D eigenvalue weighted by molar-refractivity contribution is -0.130. The van der Waals surface area contributed by atoms with Crippen molar-refractivity contribution in [3.63, 3.8) is 0 Å². The average Bonchev–Trinajstić information content (AvgIpc) is 2.29. The van der Waals surface area contributed by atoms with Crippen LogP contribution < -0.4 is 5.73 Å². The Hall–Kier alpha value is -1.22. The summed E-state index contributed by atoms with van der Waals surface area (Å²) in [6.07, 6.45) is 1.26. The summed E-state index contributed by atoms with van der Waals surface area (Å²) < 4.78 is 0. The molecule has 2 N–H and O–H groups in total. The van der Waals surface area contributed by atoms with Crippen LogP contribution in [0.25, 0.3) is 0 Å². The number of hydrogen-bond acceptors (Lipinski definition) is 2. The van der Waals surface area contributed by atoms with Crippen LogP contribution in [0.4, 0.5) is 5.69 Å². The zero-order chi connectivity index (χ0) is 12.0. The normalized spacial score (nSPS) is 9.53. The van der Waals surface area contributed by atoms with Gasteiger partial charge in [0, 0.05) is 25.2 Å². The second-order valence-corrected chi connectivity index (χ2v) is 3.76. The standard InChI is InChI=1S/C13H20N2O.ClH/c1-3-15(4-2)13(16)10-9-11-7-5-6-8-12(11)14;/h5-8H,3-4,9-10,14H2,1-2H3;1H. The van der Waals surface area contributed by atoms with Crippen LogP contribution in [0.1, 0.15) is 25.8 Å². The Labute approximate surface area is 109 Å². The van der Waals surface area contributed by atoms with Crippen molar-refractivity contribution < 1.29 is 4.79 Å². The average molecular weight is 257 g/mol. The number of rotatable bonds is 5. The van der Waals surface area contributed by atoms with Gasteiger partial charge < -0.3 is 10.6 Å². The summed E-state index contributed by atoms with van der Waals surface area (Å²) in [5, 5.41) is 0. The van der Waals surface area contributed by atoms with Gasteiger partial charge in [0.1, 0.15) is 0 Å². The maximum absolute atomic E-state index is 11.8. The predicted octanol–water partition coefficient (Wildman–Crippen LogP) is 2.49. The number of benzene rings is 1. The molecule has 0 heterocycles. The van der Waals surface area contributed by atoms with Gasteiger partial charge in [0.05, 0.1) is 0 Å². The van der Waals surface area contributed by atoms with Crippen LogP contribution in [-0.4, -0.2) is 23.9 Å². The number of hydrogen-bond donors (Lipinski definition) is 1. The van der Waals surface area contributed by atoms with Crippen LogP contribution in [0, 0.1) is 0 Å². The highest BCUT2D eigenvalue weighted by Gasteiger charge is 2.09. The van der Waals surface area contributed by atoms with Gasteiger partial charge in [0.15, 0.2) is 0 Å². The van der Waals surface area contributed by atoms with Crippen LogP contribution in [0.15, 0.2) is 24.3 Å². The minimum atomic E-state index is 0. The Bertz CT molecular complexity index is 351. The van der Waals surface area contributed by atoms with Crippen LogP contribution >= 0.6 is 12.4 Å². The number of nitrogens with two attached hydrogens (primary N) is 1. The van der Waals surface area contributed by atoms with Crippen molar-refractivity contribution in [1.82, 2.24) is 4.90 Å². The molecule has 1 amide bonds. The molecular formula is C13H21ClN2O. The molecule has 0 radical (unpaired) electrons. The van der Waals surface area contributed by atoms with Crippen molar-refractivity contribution in [2.24, 2.45) is 0 Å². The number of anilines is 1. The Morgan fingerprint density at radius 3 is 2.35 bits per heavy atom. The predicted molar refractivity (Wildman–Crippen MR) is 74.4 cm³/mol. The van der Waals surface area contributed by atoms with Gasteiger partial charge in [0.25, 0.3) is 0 Å². The van der Waals surface area contributed by atoms with E-state index in [2.05, 4.69) is 0 Å². The molecule has 0 aliphatic carbocycles. The summed E-state index contributed by atoms with van der Waals surface area (Å²) in [6, 6.07) is 7.71. The lowest BCUT2D eigenvalue weighted by Gasteiger charge is -2.18. The third kappa shape index (κ3) is 4.65. The fraction of sp³-hybridized carbons (Fsp3) is 0.462. The monoisotopic (exact) mass is 256 g/mol. The molecule has 0 fully saturated rings. The summed E-state index contributed by atoms with van der Waals surface area (Å²) >= 11 is 0. The van der Waals surface area contributed by atoms with Crippen molar-refractivity contribution >= 4 is 24.0 Å². The number of nitrogen functional groups attached to an aromatic ring is 1. The fourth-order valence-corrected chi connectivity index (χ4v) is 1.74. The quantitative estimate of drug-likeness (QED) is 0.823. The van der Waals surface area contributed by atoms with E-state index in [0.29, 0.717) is 6.42 Å². The number of nitrogens with zero attached hydrogens (tertiary/aromatic N) is 1. The molecular weight excluding hydrogens is 236 g/mol. The Kier molecular flexibility index (Phi) is 7.39. The summed E-state index contributed by atoms with van der Waals surface area (Å²) in [5.74, 6) is 0.202. The van der Waals surface area contributed by atoms with Crippen LogP contribution in [0.5, 0.6) is 0 Å². The molecule has 96 valence electrons. The highest BCUT2D eigenvalue weighted by molar-refractivity contribution is 5.85. The molecule has 0 unspecified atom stereocenters. The summed E-state index contributed by atoms with van der Waals surface area (Å²) in [4.78, 5) is 13.6. The van der Waals surface area contributed by atoms with E-state index in [1.165, 1.54) is 0 Å². The van der Waals surface area contributed by atoms with Crippen molar-refractivity contribution in [1.29, 1.82) is 0 Å². The molecule has 17 heavy (non-hydrogen) atoms. The van der Waals surface area contributed by atoms with Gasteiger partial charge in [-0.15, -0.1) is 12.4 Å². The van der Waals surface area contributed by atoms with Gasteiger partial charge in [-0.2, -0.15) is 0 Å². The van der Waals surface area contributed by atoms with E-state index in [4.69, 9.17) is 5.73 Å². The molecule has 0 saturated heterocycles. The van der Waals surface area contributed by atoms with E-state index in [-0.39, 0.29) is 18.3 Å². The smallest absolute Gasteiger partial charge is 0.222 e. The van der Waals surface area contributed by atoms with E-state index in [9.17, 15) is 4.79 Å². The highest BCUT2D eigenvalue weighted by atomic mass is 35.5. The second-order valence-electron chi connectivity index (χ2n) is 3.76. The number of aryl methyl sites for hydroxylation is 1. The minimum absolute atomic E-state index is 0. The largest absolute Gasteiger partial charge is 0.399 e. The SMILES string of the molecule is CCN(CC)C(=O)CCc1ccccc1N.Cl. The highest BCUT2D eigenvalue weighted by Crippen LogP contribution is 2.13. The van der Waals surface area contributed by atoms with E-state index in [1.54, 1.807) is 0 Å². The third-order valence-electron chi connectivity index (χ3n) is 2.78. The van der Waals surface area contributed by atoms with E-state index >= 15 is 0 Å². The minimum Gasteiger partial charge on any atom is -0.399 e. The maximum atomic E-state index is 11.8. The molecule has 1 aromatic rings. The van der Waals surface area contributed by atoms with Gasteiger partial charge in [0.2, 0.25) is 5.91 Å². The van der Waals surface area contributed by atoms with Gasteiger partial charge in [-0.1, -0.05) is 18.2 Å². The third-order valence-corrected chi connectivity index (χ3v) is 2.78. The topological polar surface area (TPSA) is 46.3 Å². The number of para-hydroxylation sites is 1. The Morgan fingerprint density at radius 2 is 1.82 bits per heavy atom. The molecule has 0 saturated carbocycles. The molecule has 0 aliphatic heterocycles. The molecule has 4 heteroatoms. The van der Waals surface area contributed by atoms with Gasteiger partial charge >= 0.3 is 0 Å². The van der Waals surface area contributed by atoms with Crippen LogP contribution in [0.2, 0.25) is 0 Å². The lowest BCUT2D eigenvalue weighted by atomic mass is 10.1. The molecule has 0 bridgehead atoms. The Balaban J connectivity index is 0.00000256. The Morgan fingerprint density at radius 1 is 1.24 bits per heavy atom. The summed E-state index contributed by atoms with van der Waals surface area (Å²) in [5.41, 5.74) is 7.65. The molecule has 0 spiro atoms. The van der Waals surface area contributed by atoms with Crippen LogP contribution in [0.3, 0.4) is 0 Å².